The number of carbonyl (C=O) groups is 2. The van der Waals surface area contributed by atoms with Gasteiger partial charge < -0.3 is 29.1 Å². The highest BCUT2D eigenvalue weighted by Crippen LogP contribution is 2.43. The standard InChI is InChI=1S/C30H52NO10P/c1-6-7-8-9-10-13-17-27(33)18-14-11-12-15-19-28(34)20-16-21-30(35)41-29(24-38-26(2)32)25-40-42(36,37)39-23-22-31(3,4)5/h10-15,18-19,27-29,33-34H,6-9,16-17,20-25H2,1-5H3/p+1/b12-11+,13-10-,18-14+,19-15-/t27-,28-,29+/m0/s1. The van der Waals surface area contributed by atoms with Crippen molar-refractivity contribution in [2.75, 3.05) is 47.5 Å². The molecule has 0 aromatic carbocycles. The third-order valence-electron chi connectivity index (χ3n) is 5.61. The molecular weight excluding hydrogens is 565 g/mol. The Hall–Kier alpha value is -2.11. The Balaban J connectivity index is 4.44. The Bertz CT molecular complexity index is 910. The van der Waals surface area contributed by atoms with Crippen molar-refractivity contribution >= 4 is 19.8 Å². The molecular formula is C30H53NO10P+. The number of phosphoric acid groups is 1. The lowest BCUT2D eigenvalue weighted by atomic mass is 10.1. The van der Waals surface area contributed by atoms with Crippen LogP contribution in [0, 0.1) is 0 Å². The Morgan fingerprint density at radius 2 is 1.57 bits per heavy atom. The summed E-state index contributed by atoms with van der Waals surface area (Å²) in [6, 6.07) is 0. The normalized spacial score (nSPS) is 16.3. The van der Waals surface area contributed by atoms with Crippen LogP contribution in [0.5, 0.6) is 0 Å². The predicted octanol–water partition coefficient (Wildman–Crippen LogP) is 4.39. The second-order valence-corrected chi connectivity index (χ2v) is 12.4. The van der Waals surface area contributed by atoms with Crippen LogP contribution in [0.15, 0.2) is 48.6 Å². The van der Waals surface area contributed by atoms with Gasteiger partial charge in [-0.05, 0) is 32.1 Å². The SMILES string of the molecule is CCCCC/C=C\C[C@H](O)/C=C/C=C/C=C\[C@H](O)CCCC(=O)O[C@H](COC(C)=O)COP(=O)(O)OCC[N+](C)(C)C. The van der Waals surface area contributed by atoms with Gasteiger partial charge in [0.05, 0.1) is 40.0 Å². The summed E-state index contributed by atoms with van der Waals surface area (Å²) in [5.74, 6) is -1.24. The van der Waals surface area contributed by atoms with Crippen LogP contribution < -0.4 is 0 Å². The lowest BCUT2D eigenvalue weighted by Crippen LogP contribution is -2.37. The number of aliphatic hydroxyl groups is 2. The molecule has 0 heterocycles. The van der Waals surface area contributed by atoms with Gasteiger partial charge in [0.25, 0.3) is 0 Å². The van der Waals surface area contributed by atoms with Gasteiger partial charge in [0.1, 0.15) is 19.8 Å². The van der Waals surface area contributed by atoms with Crippen LogP contribution in [-0.2, 0) is 32.7 Å². The van der Waals surface area contributed by atoms with E-state index in [9.17, 15) is 29.3 Å². The van der Waals surface area contributed by atoms with E-state index in [0.29, 0.717) is 30.3 Å². The van der Waals surface area contributed by atoms with Crippen LogP contribution in [0.3, 0.4) is 0 Å². The highest BCUT2D eigenvalue weighted by Gasteiger charge is 2.26. The fourth-order valence-electron chi connectivity index (χ4n) is 3.23. The quantitative estimate of drug-likeness (QED) is 0.0355. The molecule has 0 amide bonds. The Morgan fingerprint density at radius 1 is 0.905 bits per heavy atom. The number of unbranched alkanes of at least 4 members (excludes halogenated alkanes) is 3. The summed E-state index contributed by atoms with van der Waals surface area (Å²) in [6.45, 7) is 2.95. The van der Waals surface area contributed by atoms with Gasteiger partial charge in [0.2, 0.25) is 0 Å². The van der Waals surface area contributed by atoms with Crippen LogP contribution in [0.1, 0.15) is 65.2 Å². The van der Waals surface area contributed by atoms with Gasteiger partial charge in [0.15, 0.2) is 6.10 Å². The number of allylic oxidation sites excluding steroid dienone is 5. The van der Waals surface area contributed by atoms with Gasteiger partial charge in [-0.1, -0.05) is 68.4 Å². The van der Waals surface area contributed by atoms with Gasteiger partial charge in [-0.2, -0.15) is 0 Å². The zero-order valence-corrected chi connectivity index (χ0v) is 26.8. The van der Waals surface area contributed by atoms with Crippen molar-refractivity contribution in [2.24, 2.45) is 0 Å². The minimum Gasteiger partial charge on any atom is -0.462 e. The highest BCUT2D eigenvalue weighted by atomic mass is 31.2. The van der Waals surface area contributed by atoms with E-state index in [1.807, 2.05) is 27.2 Å². The van der Waals surface area contributed by atoms with E-state index in [1.54, 1.807) is 36.5 Å². The van der Waals surface area contributed by atoms with Gasteiger partial charge in [-0.3, -0.25) is 18.6 Å². The molecule has 4 atom stereocenters. The van der Waals surface area contributed by atoms with Gasteiger partial charge in [-0.15, -0.1) is 0 Å². The average molecular weight is 619 g/mol. The fourth-order valence-corrected chi connectivity index (χ4v) is 3.97. The monoisotopic (exact) mass is 618 g/mol. The van der Waals surface area contributed by atoms with E-state index >= 15 is 0 Å². The van der Waals surface area contributed by atoms with Gasteiger partial charge in [0, 0.05) is 13.3 Å². The van der Waals surface area contributed by atoms with Crippen molar-refractivity contribution in [2.45, 2.75) is 83.5 Å². The van der Waals surface area contributed by atoms with Crippen LogP contribution >= 0.6 is 7.82 Å². The molecule has 0 fully saturated rings. The molecule has 1 unspecified atom stereocenters. The minimum atomic E-state index is -4.40. The number of aliphatic hydroxyl groups excluding tert-OH is 2. The molecule has 3 N–H and O–H groups in total. The number of ether oxygens (including phenoxy) is 2. The molecule has 242 valence electrons. The summed E-state index contributed by atoms with van der Waals surface area (Å²) in [4.78, 5) is 33.3. The number of phosphoric ester groups is 1. The van der Waals surface area contributed by atoms with Gasteiger partial charge in [-0.25, -0.2) is 4.57 Å². The molecule has 0 bridgehead atoms. The molecule has 0 saturated heterocycles. The molecule has 42 heavy (non-hydrogen) atoms. The minimum absolute atomic E-state index is 0.0187. The van der Waals surface area contributed by atoms with Crippen molar-refractivity contribution in [3.8, 4) is 0 Å². The van der Waals surface area contributed by atoms with Crippen molar-refractivity contribution in [3.05, 3.63) is 48.6 Å². The fraction of sp³-hybridized carbons (Fsp3) is 0.667. The van der Waals surface area contributed by atoms with Crippen LogP contribution in [0.25, 0.3) is 0 Å². The number of nitrogens with zero attached hydrogens (tertiary/aromatic N) is 1. The first-order chi connectivity index (χ1) is 19.7. The highest BCUT2D eigenvalue weighted by molar-refractivity contribution is 7.47. The number of esters is 2. The van der Waals surface area contributed by atoms with Gasteiger partial charge >= 0.3 is 19.8 Å². The lowest BCUT2D eigenvalue weighted by molar-refractivity contribution is -0.870. The molecule has 0 spiro atoms. The molecule has 0 aliphatic heterocycles. The molecule has 0 aromatic heterocycles. The zero-order chi connectivity index (χ0) is 31.9. The smallest absolute Gasteiger partial charge is 0.462 e. The van der Waals surface area contributed by atoms with Crippen LogP contribution in [-0.4, -0.2) is 97.3 Å². The van der Waals surface area contributed by atoms with E-state index in [0.717, 1.165) is 6.42 Å². The summed E-state index contributed by atoms with van der Waals surface area (Å²) in [5, 5.41) is 20.1. The number of likely N-dealkylation sites (N-methyl/N-ethyl adjacent to an activating group) is 1. The molecule has 0 aromatic rings. The van der Waals surface area contributed by atoms with Crippen molar-refractivity contribution < 1.29 is 52.3 Å². The number of hydrogen-bond acceptors (Lipinski definition) is 9. The van der Waals surface area contributed by atoms with Crippen LogP contribution in [0.2, 0.25) is 0 Å². The number of quaternary nitrogens is 1. The second kappa shape index (κ2) is 23.4. The number of hydrogen-bond donors (Lipinski definition) is 3. The Kier molecular flexibility index (Phi) is 22.2. The first-order valence-corrected chi connectivity index (χ1v) is 16.0. The predicted molar refractivity (Wildman–Crippen MR) is 162 cm³/mol. The Morgan fingerprint density at radius 3 is 2.19 bits per heavy atom. The van der Waals surface area contributed by atoms with Crippen molar-refractivity contribution in [3.63, 3.8) is 0 Å². The van der Waals surface area contributed by atoms with Crippen molar-refractivity contribution in [1.29, 1.82) is 0 Å². The third-order valence-corrected chi connectivity index (χ3v) is 6.59. The molecule has 0 saturated carbocycles. The Labute approximate surface area is 251 Å². The maximum absolute atomic E-state index is 12.3. The summed E-state index contributed by atoms with van der Waals surface area (Å²) >= 11 is 0. The third kappa shape index (κ3) is 26.8. The van der Waals surface area contributed by atoms with E-state index in [1.165, 1.54) is 26.2 Å². The molecule has 0 aliphatic carbocycles. The first-order valence-electron chi connectivity index (χ1n) is 14.5. The van der Waals surface area contributed by atoms with E-state index in [-0.39, 0.29) is 19.6 Å². The van der Waals surface area contributed by atoms with E-state index < -0.39 is 44.7 Å². The summed E-state index contributed by atoms with van der Waals surface area (Å²) in [5.41, 5.74) is 0. The average Bonchev–Trinajstić information content (AvgIpc) is 2.88. The first kappa shape index (κ1) is 39.9. The maximum atomic E-state index is 12.3. The van der Waals surface area contributed by atoms with Crippen molar-refractivity contribution in [1.82, 2.24) is 0 Å². The summed E-state index contributed by atoms with van der Waals surface area (Å²) in [6.07, 6.45) is 17.6. The van der Waals surface area contributed by atoms with E-state index in [2.05, 4.69) is 13.0 Å². The number of carbonyl (C=O) groups excluding carboxylic acids is 2. The molecule has 12 heteroatoms. The summed E-state index contributed by atoms with van der Waals surface area (Å²) < 4.78 is 32.6. The molecule has 11 nitrogen and oxygen atoms in total. The lowest BCUT2D eigenvalue weighted by Gasteiger charge is -2.24. The molecule has 0 radical (unpaired) electrons. The number of rotatable bonds is 24. The largest absolute Gasteiger partial charge is 0.472 e. The van der Waals surface area contributed by atoms with Crippen LogP contribution in [0.4, 0.5) is 0 Å². The summed E-state index contributed by atoms with van der Waals surface area (Å²) in [7, 11) is 1.30. The van der Waals surface area contributed by atoms with E-state index in [4.69, 9.17) is 18.5 Å². The molecule has 0 rings (SSSR count). The molecule has 0 aliphatic rings. The topological polar surface area (TPSA) is 149 Å². The maximum Gasteiger partial charge on any atom is 0.472 e. The zero-order valence-electron chi connectivity index (χ0n) is 25.9. The second-order valence-electron chi connectivity index (χ2n) is 10.9.